The lowest BCUT2D eigenvalue weighted by atomic mass is 9.92. The molecule has 0 saturated heterocycles. The van der Waals surface area contributed by atoms with Gasteiger partial charge < -0.3 is 0 Å². The van der Waals surface area contributed by atoms with E-state index in [1.165, 1.54) is 17.5 Å². The number of hydrogen-bond acceptors (Lipinski definition) is 2. The van der Waals surface area contributed by atoms with Gasteiger partial charge in [-0.2, -0.15) is 0 Å². The summed E-state index contributed by atoms with van der Waals surface area (Å²) in [6.45, 7) is 1.98. The van der Waals surface area contributed by atoms with Crippen LogP contribution in [0.25, 0.3) is 0 Å². The van der Waals surface area contributed by atoms with E-state index in [9.17, 15) is 8.42 Å². The minimum Gasteiger partial charge on any atom is -0.263 e. The van der Waals surface area contributed by atoms with E-state index >= 15 is 0 Å². The van der Waals surface area contributed by atoms with E-state index in [1.54, 1.807) is 10.4 Å². The lowest BCUT2D eigenvalue weighted by Crippen LogP contribution is -2.35. The van der Waals surface area contributed by atoms with Crippen LogP contribution in [-0.4, -0.2) is 14.5 Å². The third-order valence-corrected chi connectivity index (χ3v) is 6.95. The van der Waals surface area contributed by atoms with E-state index < -0.39 is 10.0 Å². The molecule has 0 fully saturated rings. The van der Waals surface area contributed by atoms with Gasteiger partial charge in [-0.3, -0.25) is 4.31 Å². The molecule has 0 N–H and O–H groups in total. The topological polar surface area (TPSA) is 37.4 Å². The summed E-state index contributed by atoms with van der Waals surface area (Å²) in [7, 11) is -3.50. The van der Waals surface area contributed by atoms with Crippen LogP contribution < -0.4 is 4.31 Å². The molecule has 2 aromatic carbocycles. The molecule has 0 saturated carbocycles. The maximum absolute atomic E-state index is 13.2. The minimum atomic E-state index is -3.50. The number of nitrogens with zero attached hydrogens (tertiary/aromatic N) is 1. The Kier molecular flexibility index (Phi) is 3.45. The first-order valence-electron chi connectivity index (χ1n) is 8.31. The minimum absolute atomic E-state index is 0.0339. The summed E-state index contributed by atoms with van der Waals surface area (Å²) in [6, 6.07) is 13.5. The van der Waals surface area contributed by atoms with Crippen LogP contribution in [0.3, 0.4) is 0 Å². The van der Waals surface area contributed by atoms with Crippen LogP contribution in [0.4, 0.5) is 5.69 Å². The molecule has 0 bridgehead atoms. The highest BCUT2D eigenvalue weighted by atomic mass is 32.2. The summed E-state index contributed by atoms with van der Waals surface area (Å²) < 4.78 is 28.0. The van der Waals surface area contributed by atoms with Gasteiger partial charge in [0.25, 0.3) is 10.0 Å². The standard InChI is InChI=1S/C19H21NO2S/c1-14-12-17-8-4-5-9-19(17)20(14)23(21,22)18-11-10-15-6-2-3-7-16(15)13-18/h4-5,8-11,13-14H,2-3,6-7,12H2,1H3/t14-/m1/s1. The third kappa shape index (κ3) is 2.36. The van der Waals surface area contributed by atoms with Gasteiger partial charge in [0.15, 0.2) is 0 Å². The van der Waals surface area contributed by atoms with Crippen LogP contribution in [-0.2, 0) is 29.3 Å². The predicted molar refractivity (Wildman–Crippen MR) is 92.4 cm³/mol. The van der Waals surface area contributed by atoms with E-state index in [2.05, 4.69) is 0 Å². The number of anilines is 1. The fourth-order valence-electron chi connectivity index (χ4n) is 3.89. The maximum Gasteiger partial charge on any atom is 0.264 e. The summed E-state index contributed by atoms with van der Waals surface area (Å²) >= 11 is 0. The maximum atomic E-state index is 13.2. The normalized spacial score (nSPS) is 20.2. The zero-order valence-electron chi connectivity index (χ0n) is 13.3. The van der Waals surface area contributed by atoms with Gasteiger partial charge in [0.1, 0.15) is 0 Å². The fraction of sp³-hybridized carbons (Fsp3) is 0.368. The number of rotatable bonds is 2. The highest BCUT2D eigenvalue weighted by Crippen LogP contribution is 2.37. The second-order valence-corrected chi connectivity index (χ2v) is 8.44. The Morgan fingerprint density at radius 1 is 0.957 bits per heavy atom. The Hall–Kier alpha value is -1.81. The van der Waals surface area contributed by atoms with Crippen molar-refractivity contribution in [2.24, 2.45) is 0 Å². The first-order valence-corrected chi connectivity index (χ1v) is 9.75. The van der Waals surface area contributed by atoms with Crippen LogP contribution in [0.1, 0.15) is 36.5 Å². The molecule has 2 aliphatic rings. The van der Waals surface area contributed by atoms with Crippen molar-refractivity contribution in [1.29, 1.82) is 0 Å². The molecule has 23 heavy (non-hydrogen) atoms. The molecule has 1 aliphatic heterocycles. The zero-order valence-corrected chi connectivity index (χ0v) is 14.1. The molecule has 2 aromatic rings. The second kappa shape index (κ2) is 5.38. The zero-order chi connectivity index (χ0) is 16.0. The Labute approximate surface area is 138 Å². The van der Waals surface area contributed by atoms with Gasteiger partial charge >= 0.3 is 0 Å². The number of hydrogen-bond donors (Lipinski definition) is 0. The van der Waals surface area contributed by atoms with Gasteiger partial charge in [-0.05, 0) is 73.9 Å². The Balaban J connectivity index is 1.79. The summed E-state index contributed by atoms with van der Waals surface area (Å²) in [5.74, 6) is 0. The Morgan fingerprint density at radius 2 is 1.70 bits per heavy atom. The predicted octanol–water partition coefficient (Wildman–Crippen LogP) is 3.71. The molecule has 4 heteroatoms. The van der Waals surface area contributed by atoms with Crippen molar-refractivity contribution in [3.63, 3.8) is 0 Å². The van der Waals surface area contributed by atoms with Crippen LogP contribution in [0.2, 0.25) is 0 Å². The van der Waals surface area contributed by atoms with Crippen LogP contribution >= 0.6 is 0 Å². The molecule has 1 atom stereocenters. The monoisotopic (exact) mass is 327 g/mol. The smallest absolute Gasteiger partial charge is 0.263 e. The van der Waals surface area contributed by atoms with Crippen LogP contribution in [0, 0.1) is 0 Å². The molecule has 0 unspecified atom stereocenters. The van der Waals surface area contributed by atoms with Gasteiger partial charge in [-0.25, -0.2) is 8.42 Å². The molecule has 1 aliphatic carbocycles. The molecular formula is C19H21NO2S. The fourth-order valence-corrected chi connectivity index (χ4v) is 5.63. The van der Waals surface area contributed by atoms with Crippen molar-refractivity contribution < 1.29 is 8.42 Å². The van der Waals surface area contributed by atoms with Crippen molar-refractivity contribution in [3.05, 3.63) is 59.2 Å². The third-order valence-electron chi connectivity index (χ3n) is 5.02. The van der Waals surface area contributed by atoms with Crippen molar-refractivity contribution in [2.45, 2.75) is 50.0 Å². The summed E-state index contributed by atoms with van der Waals surface area (Å²) in [6.07, 6.45) is 5.19. The van der Waals surface area contributed by atoms with E-state index in [-0.39, 0.29) is 6.04 Å². The van der Waals surface area contributed by atoms with E-state index in [0.717, 1.165) is 36.9 Å². The molecular weight excluding hydrogens is 306 g/mol. The van der Waals surface area contributed by atoms with E-state index in [4.69, 9.17) is 0 Å². The van der Waals surface area contributed by atoms with Crippen molar-refractivity contribution in [1.82, 2.24) is 0 Å². The van der Waals surface area contributed by atoms with Crippen molar-refractivity contribution >= 4 is 15.7 Å². The summed E-state index contributed by atoms with van der Waals surface area (Å²) in [5, 5.41) is 0. The van der Waals surface area contributed by atoms with Gasteiger partial charge in [-0.1, -0.05) is 24.3 Å². The SMILES string of the molecule is C[C@@H]1Cc2ccccc2N1S(=O)(=O)c1ccc2c(c1)CCCC2. The molecule has 0 spiro atoms. The van der Waals surface area contributed by atoms with E-state index in [1.807, 2.05) is 43.3 Å². The second-order valence-electron chi connectivity index (χ2n) is 6.62. The number of sulfonamides is 1. The molecule has 0 amide bonds. The average Bonchev–Trinajstić information content (AvgIpc) is 2.90. The van der Waals surface area contributed by atoms with Crippen molar-refractivity contribution in [2.75, 3.05) is 4.31 Å². The number of fused-ring (bicyclic) bond motifs is 2. The lowest BCUT2D eigenvalue weighted by molar-refractivity contribution is 0.583. The largest absolute Gasteiger partial charge is 0.264 e. The number of benzene rings is 2. The quantitative estimate of drug-likeness (QED) is 0.843. The highest BCUT2D eigenvalue weighted by molar-refractivity contribution is 7.92. The molecule has 0 aromatic heterocycles. The molecule has 3 nitrogen and oxygen atoms in total. The molecule has 4 rings (SSSR count). The van der Waals surface area contributed by atoms with E-state index in [0.29, 0.717) is 4.90 Å². The Bertz CT molecular complexity index is 857. The van der Waals surface area contributed by atoms with Gasteiger partial charge in [0.2, 0.25) is 0 Å². The average molecular weight is 327 g/mol. The lowest BCUT2D eigenvalue weighted by Gasteiger charge is -2.25. The van der Waals surface area contributed by atoms with Gasteiger partial charge in [0, 0.05) is 6.04 Å². The molecule has 120 valence electrons. The Morgan fingerprint density at radius 3 is 2.52 bits per heavy atom. The summed E-state index contributed by atoms with van der Waals surface area (Å²) in [4.78, 5) is 0.432. The van der Waals surface area contributed by atoms with Crippen molar-refractivity contribution in [3.8, 4) is 0 Å². The van der Waals surface area contributed by atoms with Crippen LogP contribution in [0.15, 0.2) is 47.4 Å². The summed E-state index contributed by atoms with van der Waals surface area (Å²) in [5.41, 5.74) is 4.46. The van der Waals surface area contributed by atoms with Gasteiger partial charge in [-0.15, -0.1) is 0 Å². The number of para-hydroxylation sites is 1. The van der Waals surface area contributed by atoms with Crippen LogP contribution in [0.5, 0.6) is 0 Å². The highest BCUT2D eigenvalue weighted by Gasteiger charge is 2.36. The molecule has 0 radical (unpaired) electrons. The molecule has 1 heterocycles. The first-order chi connectivity index (χ1) is 11.1. The number of aryl methyl sites for hydroxylation is 2. The van der Waals surface area contributed by atoms with Gasteiger partial charge in [0.05, 0.1) is 10.6 Å². The first kappa shape index (κ1) is 14.8.